The molecule has 1 N–H and O–H groups in total. The number of rotatable bonds is 6. The van der Waals surface area contributed by atoms with E-state index >= 15 is 0 Å². The van der Waals surface area contributed by atoms with Crippen LogP contribution in [0.5, 0.6) is 5.75 Å². The van der Waals surface area contributed by atoms with Crippen molar-refractivity contribution in [2.75, 3.05) is 25.5 Å². The number of methoxy groups -OCH3 is 1. The van der Waals surface area contributed by atoms with Crippen LogP contribution in [0.15, 0.2) is 59.5 Å². The maximum atomic E-state index is 12.7. The van der Waals surface area contributed by atoms with Gasteiger partial charge >= 0.3 is 0 Å². The average Bonchev–Trinajstić information content (AvgIpc) is 2.69. The Morgan fingerprint density at radius 1 is 1.11 bits per heavy atom. The fourth-order valence-corrected chi connectivity index (χ4v) is 4.76. The lowest BCUT2D eigenvalue weighted by Gasteiger charge is -2.31. The number of amides is 1. The summed E-state index contributed by atoms with van der Waals surface area (Å²) in [5.41, 5.74) is 0.698. The predicted octanol–water partition coefficient (Wildman–Crippen LogP) is 3.12. The first-order chi connectivity index (χ1) is 13.0. The van der Waals surface area contributed by atoms with Crippen LogP contribution in [0.4, 0.5) is 5.69 Å². The minimum Gasteiger partial charge on any atom is -0.497 e. The molecule has 1 fully saturated rings. The third-order valence-electron chi connectivity index (χ3n) is 4.78. The molecule has 2 aromatic rings. The highest BCUT2D eigenvalue weighted by atomic mass is 32.2. The molecule has 0 spiro atoms. The zero-order chi connectivity index (χ0) is 19.3. The Labute approximate surface area is 160 Å². The molecular weight excluding hydrogens is 364 g/mol. The van der Waals surface area contributed by atoms with Crippen LogP contribution in [-0.4, -0.2) is 38.8 Å². The van der Waals surface area contributed by atoms with Crippen LogP contribution in [0, 0.1) is 5.92 Å². The van der Waals surface area contributed by atoms with E-state index in [9.17, 15) is 13.2 Å². The summed E-state index contributed by atoms with van der Waals surface area (Å²) in [4.78, 5) is 12.6. The lowest BCUT2D eigenvalue weighted by atomic mass is 9.94. The highest BCUT2D eigenvalue weighted by molar-refractivity contribution is 7.89. The molecule has 6 nitrogen and oxygen atoms in total. The van der Waals surface area contributed by atoms with Crippen LogP contribution in [0.3, 0.4) is 0 Å². The van der Waals surface area contributed by atoms with Crippen LogP contribution < -0.4 is 10.1 Å². The van der Waals surface area contributed by atoms with Gasteiger partial charge in [0.2, 0.25) is 15.9 Å². The number of carbonyl (C=O) groups excluding carboxylic acids is 1. The number of sulfonamides is 1. The number of hydrogen-bond donors (Lipinski definition) is 1. The number of hydrogen-bond acceptors (Lipinski definition) is 4. The molecule has 1 saturated heterocycles. The highest BCUT2D eigenvalue weighted by Crippen LogP contribution is 2.26. The minimum absolute atomic E-state index is 0.0624. The molecule has 27 heavy (non-hydrogen) atoms. The number of piperidine rings is 1. The molecule has 0 radical (unpaired) electrons. The quantitative estimate of drug-likeness (QED) is 0.825. The maximum Gasteiger partial charge on any atom is 0.243 e. The number of nitrogens with one attached hydrogen (secondary N) is 1. The number of ether oxygens (including phenoxy) is 1. The van der Waals surface area contributed by atoms with Gasteiger partial charge in [-0.25, -0.2) is 8.42 Å². The van der Waals surface area contributed by atoms with Gasteiger partial charge in [0, 0.05) is 31.3 Å². The van der Waals surface area contributed by atoms with Gasteiger partial charge in [-0.1, -0.05) is 24.3 Å². The van der Waals surface area contributed by atoms with E-state index in [0.717, 1.165) is 0 Å². The van der Waals surface area contributed by atoms with E-state index in [-0.39, 0.29) is 11.8 Å². The lowest BCUT2D eigenvalue weighted by Crippen LogP contribution is -2.39. The van der Waals surface area contributed by atoms with Crippen molar-refractivity contribution in [2.24, 2.45) is 5.92 Å². The van der Waals surface area contributed by atoms with Gasteiger partial charge < -0.3 is 10.1 Å². The summed E-state index contributed by atoms with van der Waals surface area (Å²) >= 11 is 0. The zero-order valence-corrected chi connectivity index (χ0v) is 16.1. The topological polar surface area (TPSA) is 75.7 Å². The summed E-state index contributed by atoms with van der Waals surface area (Å²) in [5.74, 6) is 0.803. The van der Waals surface area contributed by atoms with Crippen molar-refractivity contribution in [3.8, 4) is 5.75 Å². The normalized spacial score (nSPS) is 16.0. The van der Waals surface area contributed by atoms with Crippen LogP contribution in [0.25, 0.3) is 0 Å². The van der Waals surface area contributed by atoms with E-state index in [2.05, 4.69) is 5.32 Å². The number of nitrogens with zero attached hydrogens (tertiary/aromatic N) is 1. The van der Waals surface area contributed by atoms with Crippen molar-refractivity contribution in [2.45, 2.75) is 24.2 Å². The van der Waals surface area contributed by atoms with Gasteiger partial charge in [0.05, 0.1) is 12.0 Å². The molecule has 1 aliphatic heterocycles. The molecule has 0 unspecified atom stereocenters. The third-order valence-corrected chi connectivity index (χ3v) is 6.69. The van der Waals surface area contributed by atoms with E-state index in [4.69, 9.17) is 4.74 Å². The molecule has 2 aromatic carbocycles. The van der Waals surface area contributed by atoms with Gasteiger partial charge in [-0.3, -0.25) is 4.79 Å². The molecule has 0 atom stereocenters. The second-order valence-corrected chi connectivity index (χ2v) is 8.58. The predicted molar refractivity (Wildman–Crippen MR) is 104 cm³/mol. The van der Waals surface area contributed by atoms with Crippen molar-refractivity contribution < 1.29 is 17.9 Å². The van der Waals surface area contributed by atoms with Crippen molar-refractivity contribution in [1.82, 2.24) is 4.31 Å². The van der Waals surface area contributed by atoms with Gasteiger partial charge in [0.1, 0.15) is 5.75 Å². The Kier molecular flexibility index (Phi) is 6.13. The third kappa shape index (κ3) is 4.87. The first kappa shape index (κ1) is 19.4. The van der Waals surface area contributed by atoms with Gasteiger partial charge in [-0.2, -0.15) is 4.31 Å². The summed E-state index contributed by atoms with van der Waals surface area (Å²) in [7, 11) is -1.87. The van der Waals surface area contributed by atoms with E-state index in [0.29, 0.717) is 48.7 Å². The largest absolute Gasteiger partial charge is 0.497 e. The Bertz CT molecular complexity index is 876. The molecule has 1 amide bonds. The molecule has 0 aromatic heterocycles. The molecule has 0 saturated carbocycles. The van der Waals surface area contributed by atoms with Crippen molar-refractivity contribution in [3.63, 3.8) is 0 Å². The summed E-state index contributed by atoms with van der Waals surface area (Å²) < 4.78 is 32.0. The first-order valence-corrected chi connectivity index (χ1v) is 10.4. The molecule has 1 aliphatic rings. The standard InChI is InChI=1S/C20H24N2O4S/c1-26-18-7-5-6-17(15-18)21-20(23)14-16-10-12-22(13-11-16)27(24,25)19-8-3-2-4-9-19/h2-9,15-16H,10-14H2,1H3,(H,21,23). The summed E-state index contributed by atoms with van der Waals surface area (Å²) in [6, 6.07) is 15.7. The second kappa shape index (κ2) is 8.54. The van der Waals surface area contributed by atoms with E-state index in [1.54, 1.807) is 43.5 Å². The summed E-state index contributed by atoms with van der Waals surface area (Å²) in [5, 5.41) is 2.88. The number of benzene rings is 2. The maximum absolute atomic E-state index is 12.7. The lowest BCUT2D eigenvalue weighted by molar-refractivity contribution is -0.117. The summed E-state index contributed by atoms with van der Waals surface area (Å²) in [6.45, 7) is 0.878. The Morgan fingerprint density at radius 3 is 2.48 bits per heavy atom. The fourth-order valence-electron chi connectivity index (χ4n) is 3.27. The van der Waals surface area contributed by atoms with Crippen molar-refractivity contribution in [3.05, 3.63) is 54.6 Å². The zero-order valence-electron chi connectivity index (χ0n) is 15.3. The SMILES string of the molecule is COc1cccc(NC(=O)CC2CCN(S(=O)(=O)c3ccccc3)CC2)c1. The molecule has 1 heterocycles. The van der Waals surface area contributed by atoms with Gasteiger partial charge in [-0.15, -0.1) is 0 Å². The van der Waals surface area contributed by atoms with Crippen LogP contribution >= 0.6 is 0 Å². The van der Waals surface area contributed by atoms with Crippen molar-refractivity contribution in [1.29, 1.82) is 0 Å². The smallest absolute Gasteiger partial charge is 0.243 e. The molecular formula is C20H24N2O4S. The van der Waals surface area contributed by atoms with E-state index in [1.165, 1.54) is 4.31 Å². The second-order valence-electron chi connectivity index (χ2n) is 6.64. The van der Waals surface area contributed by atoms with Crippen LogP contribution in [-0.2, 0) is 14.8 Å². The Hall–Kier alpha value is -2.38. The highest BCUT2D eigenvalue weighted by Gasteiger charge is 2.30. The summed E-state index contributed by atoms with van der Waals surface area (Å²) in [6.07, 6.45) is 1.74. The van der Waals surface area contributed by atoms with E-state index < -0.39 is 10.0 Å². The molecule has 3 rings (SSSR count). The first-order valence-electron chi connectivity index (χ1n) is 8.98. The van der Waals surface area contributed by atoms with Crippen LogP contribution in [0.1, 0.15) is 19.3 Å². The number of anilines is 1. The van der Waals surface area contributed by atoms with Gasteiger partial charge in [0.25, 0.3) is 0 Å². The van der Waals surface area contributed by atoms with Gasteiger partial charge in [-0.05, 0) is 43.0 Å². The Morgan fingerprint density at radius 2 is 1.81 bits per heavy atom. The average molecular weight is 388 g/mol. The minimum atomic E-state index is -3.45. The monoisotopic (exact) mass is 388 g/mol. The molecule has 0 aliphatic carbocycles. The number of carbonyl (C=O) groups is 1. The molecule has 144 valence electrons. The molecule has 7 heteroatoms. The van der Waals surface area contributed by atoms with Gasteiger partial charge in [0.15, 0.2) is 0 Å². The van der Waals surface area contributed by atoms with E-state index in [1.807, 2.05) is 18.2 Å². The Balaban J connectivity index is 1.52. The fraction of sp³-hybridized carbons (Fsp3) is 0.350. The van der Waals surface area contributed by atoms with Crippen molar-refractivity contribution >= 4 is 21.6 Å². The van der Waals surface area contributed by atoms with Crippen LogP contribution in [0.2, 0.25) is 0 Å². The molecule has 0 bridgehead atoms.